The Labute approximate surface area is 203 Å². The van der Waals surface area contributed by atoms with E-state index in [1.807, 2.05) is 0 Å². The first kappa shape index (κ1) is 21.9. The van der Waals surface area contributed by atoms with E-state index in [0.717, 1.165) is 11.9 Å². The molecule has 0 atom stereocenters. The number of ether oxygens (including phenoxy) is 1. The van der Waals surface area contributed by atoms with Gasteiger partial charge in [0.1, 0.15) is 0 Å². The van der Waals surface area contributed by atoms with Gasteiger partial charge in [-0.3, -0.25) is 0 Å². The van der Waals surface area contributed by atoms with Gasteiger partial charge in [0.15, 0.2) is 0 Å². The molecule has 0 aliphatic rings. The van der Waals surface area contributed by atoms with E-state index in [2.05, 4.69) is 143 Å². The summed E-state index contributed by atoms with van der Waals surface area (Å²) in [6, 6.07) is 45.6. The van der Waals surface area contributed by atoms with E-state index >= 15 is 0 Å². The van der Waals surface area contributed by atoms with Crippen LogP contribution < -0.4 is 20.7 Å². The van der Waals surface area contributed by atoms with Crippen LogP contribution in [0.15, 0.2) is 127 Å². The van der Waals surface area contributed by atoms with Crippen LogP contribution in [0.4, 0.5) is 0 Å². The van der Waals surface area contributed by atoms with Crippen molar-refractivity contribution < 1.29 is 4.74 Å². The Morgan fingerprint density at radius 1 is 0.576 bits per heavy atom. The van der Waals surface area contributed by atoms with Crippen LogP contribution in [-0.2, 0) is 6.16 Å². The summed E-state index contributed by atoms with van der Waals surface area (Å²) in [7, 11) is 1.77. The van der Waals surface area contributed by atoms with Crippen LogP contribution >= 0.6 is 20.8 Å². The molecule has 5 aromatic rings. The van der Waals surface area contributed by atoms with Crippen LogP contribution in [0.5, 0.6) is 5.75 Å². The van der Waals surface area contributed by atoms with E-state index in [4.69, 9.17) is 4.74 Å². The molecule has 164 valence electrons. The maximum atomic E-state index is 5.95. The average Bonchev–Trinajstić information content (AvgIpc) is 2.90. The van der Waals surface area contributed by atoms with Crippen LogP contribution in [0.3, 0.4) is 0 Å². The first-order chi connectivity index (χ1) is 16.1. The third-order valence-corrected chi connectivity index (χ3v) is 16.0. The predicted molar refractivity (Wildman–Crippen MR) is 148 cm³/mol. The number of fused-ring (bicyclic) bond motifs is 1. The van der Waals surface area contributed by atoms with E-state index in [-0.39, 0.29) is 0 Å². The van der Waals surface area contributed by atoms with E-state index in [1.54, 1.807) is 7.11 Å². The van der Waals surface area contributed by atoms with Crippen LogP contribution in [0.1, 0.15) is 5.56 Å². The van der Waals surface area contributed by atoms with Gasteiger partial charge in [0.2, 0.25) is 0 Å². The summed E-state index contributed by atoms with van der Waals surface area (Å²) in [6.07, 6.45) is 0.800. The summed E-state index contributed by atoms with van der Waals surface area (Å²) in [6.45, 7) is 0. The van der Waals surface area contributed by atoms with Gasteiger partial charge in [-0.2, -0.15) is 0 Å². The fourth-order valence-electron chi connectivity index (χ4n) is 4.90. The van der Waals surface area contributed by atoms with Gasteiger partial charge in [-0.25, -0.2) is 0 Å². The zero-order valence-corrected chi connectivity index (χ0v) is 21.0. The molecule has 0 aliphatic heterocycles. The van der Waals surface area contributed by atoms with Gasteiger partial charge in [-0.05, 0) is 0 Å². The molecule has 0 aliphatic carbocycles. The van der Waals surface area contributed by atoms with Crippen molar-refractivity contribution in [1.82, 2.24) is 0 Å². The van der Waals surface area contributed by atoms with Gasteiger partial charge >= 0.3 is 204 Å². The molecule has 1 nitrogen and oxygen atoms in total. The molecule has 0 spiro atoms. The van der Waals surface area contributed by atoms with E-state index in [9.17, 15) is 0 Å². The molecule has 5 aromatic carbocycles. The molecular weight excluding hydrogens is 487 g/mol. The third kappa shape index (κ3) is 3.59. The first-order valence-electron chi connectivity index (χ1n) is 11.1. The van der Waals surface area contributed by atoms with Gasteiger partial charge < -0.3 is 0 Å². The molecule has 5 rings (SSSR count). The van der Waals surface area contributed by atoms with Crippen LogP contribution in [0.2, 0.25) is 0 Å². The topological polar surface area (TPSA) is 9.23 Å². The van der Waals surface area contributed by atoms with Crippen molar-refractivity contribution in [1.29, 1.82) is 0 Å². The van der Waals surface area contributed by atoms with E-state index in [0.29, 0.717) is 0 Å². The van der Waals surface area contributed by atoms with Gasteiger partial charge in [0.05, 0.1) is 0 Å². The van der Waals surface area contributed by atoms with Crippen molar-refractivity contribution in [3.8, 4) is 5.75 Å². The number of methoxy groups -OCH3 is 1. The molecule has 0 aromatic heterocycles. The third-order valence-electron chi connectivity index (χ3n) is 6.56. The number of hydrogen-bond donors (Lipinski definition) is 0. The minimum absolute atomic E-state index is 0.800. The average molecular weight is 513 g/mol. The standard InChI is InChI=1S/C30H26BrOP/c1-32-30-22-21-24-13-11-12-20-28(24)29(30)23-33(31,25-14-5-2-6-15-25,26-16-7-3-8-17-26)27-18-9-4-10-19-27/h2-22H,23H2,1H3. The molecule has 0 N–H and O–H groups in total. The van der Waals surface area contributed by atoms with Crippen LogP contribution in [-0.4, -0.2) is 7.11 Å². The minimum atomic E-state index is -3.12. The molecule has 0 fully saturated rings. The molecule has 33 heavy (non-hydrogen) atoms. The Morgan fingerprint density at radius 2 is 1.03 bits per heavy atom. The van der Waals surface area contributed by atoms with Crippen molar-refractivity contribution >= 4 is 47.5 Å². The fourth-order valence-corrected chi connectivity index (χ4v) is 12.5. The van der Waals surface area contributed by atoms with E-state index in [1.165, 1.54) is 32.2 Å². The normalized spacial score (nSPS) is 12.7. The molecule has 0 saturated carbocycles. The van der Waals surface area contributed by atoms with Gasteiger partial charge in [0.25, 0.3) is 0 Å². The van der Waals surface area contributed by atoms with Crippen molar-refractivity contribution in [2.45, 2.75) is 6.16 Å². The van der Waals surface area contributed by atoms with Crippen LogP contribution in [0, 0.1) is 0 Å². The van der Waals surface area contributed by atoms with Gasteiger partial charge in [0, 0.05) is 0 Å². The molecule has 0 saturated heterocycles. The molecule has 0 bridgehead atoms. The molecule has 0 radical (unpaired) electrons. The van der Waals surface area contributed by atoms with Gasteiger partial charge in [-0.15, -0.1) is 0 Å². The van der Waals surface area contributed by atoms with Crippen molar-refractivity contribution in [3.05, 3.63) is 133 Å². The Bertz CT molecular complexity index is 1290. The Morgan fingerprint density at radius 3 is 1.52 bits per heavy atom. The molecular formula is C30H26BrOP. The Balaban J connectivity index is 1.92. The second-order valence-corrected chi connectivity index (χ2v) is 17.2. The van der Waals surface area contributed by atoms with E-state index < -0.39 is 5.31 Å². The van der Waals surface area contributed by atoms with Crippen molar-refractivity contribution in [2.24, 2.45) is 0 Å². The first-order valence-corrected chi connectivity index (χ1v) is 15.5. The maximum absolute atomic E-state index is 5.95. The summed E-state index contributed by atoms with van der Waals surface area (Å²) in [5.74, 6) is 0.921. The number of hydrogen-bond acceptors (Lipinski definition) is 1. The summed E-state index contributed by atoms with van der Waals surface area (Å²) < 4.78 is 5.95. The second kappa shape index (κ2) is 8.78. The monoisotopic (exact) mass is 512 g/mol. The summed E-state index contributed by atoms with van der Waals surface area (Å²) >= 11 is 4.58. The molecule has 0 unspecified atom stereocenters. The number of halogens is 1. The molecule has 3 heteroatoms. The van der Waals surface area contributed by atoms with Crippen molar-refractivity contribution in [3.63, 3.8) is 0 Å². The predicted octanol–water partition coefficient (Wildman–Crippen LogP) is 7.19. The zero-order chi connectivity index (χ0) is 22.8. The summed E-state index contributed by atoms with van der Waals surface area (Å²) in [4.78, 5) is 0. The summed E-state index contributed by atoms with van der Waals surface area (Å²) in [5.41, 5.74) is 1.22. The SMILES string of the molecule is COc1ccc2ccccc2c1CP(Br)(c1ccccc1)(c1ccccc1)c1ccccc1. The zero-order valence-electron chi connectivity index (χ0n) is 18.6. The Hall–Kier alpha value is -2.93. The summed E-state index contributed by atoms with van der Waals surface area (Å²) in [5, 5.41) is 3.24. The molecule has 0 amide bonds. The molecule has 0 heterocycles. The van der Waals surface area contributed by atoms with Crippen LogP contribution in [0.25, 0.3) is 10.8 Å². The number of benzene rings is 5. The Kier molecular flexibility index (Phi) is 5.83. The van der Waals surface area contributed by atoms with Crippen molar-refractivity contribution in [2.75, 3.05) is 7.11 Å². The van der Waals surface area contributed by atoms with Gasteiger partial charge in [-0.1, -0.05) is 0 Å². The second-order valence-electron chi connectivity index (χ2n) is 8.32. The quantitative estimate of drug-likeness (QED) is 0.219. The fraction of sp³-hybridized carbons (Fsp3) is 0.0667. The number of rotatable bonds is 6.